The van der Waals surface area contributed by atoms with E-state index in [-0.39, 0.29) is 5.91 Å². The van der Waals surface area contributed by atoms with Gasteiger partial charge in [0.15, 0.2) is 0 Å². The molecule has 1 fully saturated rings. The Bertz CT molecular complexity index is 318. The first-order valence-corrected chi connectivity index (χ1v) is 5.46. The number of amides is 1. The third-order valence-electron chi connectivity index (χ3n) is 2.57. The molecule has 0 aliphatic heterocycles. The molecular weight excluding hydrogens is 192 g/mol. The van der Waals surface area contributed by atoms with Crippen molar-refractivity contribution in [3.05, 3.63) is 12.2 Å². The number of hydrogen-bond acceptors (Lipinski definition) is 3. The summed E-state index contributed by atoms with van der Waals surface area (Å²) in [6.45, 7) is 3.75. The van der Waals surface area contributed by atoms with Crippen LogP contribution in [0.2, 0.25) is 0 Å². The molecule has 0 bridgehead atoms. The topological polar surface area (TPSA) is 61.9 Å². The predicted octanol–water partition coefficient (Wildman–Crippen LogP) is 1.07. The summed E-state index contributed by atoms with van der Waals surface area (Å²) in [5.74, 6) is 1.04. The van der Waals surface area contributed by atoms with Crippen LogP contribution in [0.25, 0.3) is 0 Å². The van der Waals surface area contributed by atoms with Gasteiger partial charge in [-0.15, -0.1) is 0 Å². The molecule has 15 heavy (non-hydrogen) atoms. The highest BCUT2D eigenvalue weighted by atomic mass is 16.2. The number of aromatic nitrogens is 3. The Labute approximate surface area is 88.9 Å². The quantitative estimate of drug-likeness (QED) is 0.787. The van der Waals surface area contributed by atoms with E-state index in [1.54, 1.807) is 0 Å². The summed E-state index contributed by atoms with van der Waals surface area (Å²) in [4.78, 5) is 17.7. The first kappa shape index (κ1) is 10.1. The Morgan fingerprint density at radius 3 is 3.00 bits per heavy atom. The van der Waals surface area contributed by atoms with Crippen molar-refractivity contribution < 1.29 is 4.79 Å². The van der Waals surface area contributed by atoms with Gasteiger partial charge in [-0.25, -0.2) is 4.98 Å². The van der Waals surface area contributed by atoms with Gasteiger partial charge in [-0.1, -0.05) is 6.92 Å². The molecule has 1 amide bonds. The van der Waals surface area contributed by atoms with E-state index in [1.807, 2.05) is 4.90 Å². The van der Waals surface area contributed by atoms with E-state index in [4.69, 9.17) is 0 Å². The molecule has 0 spiro atoms. The second-order valence-corrected chi connectivity index (χ2v) is 4.03. The number of hydrogen-bond donors (Lipinski definition) is 1. The first-order valence-electron chi connectivity index (χ1n) is 5.46. The van der Waals surface area contributed by atoms with E-state index < -0.39 is 0 Å². The molecule has 1 aromatic heterocycles. The van der Waals surface area contributed by atoms with Crippen LogP contribution in [0.3, 0.4) is 0 Å². The van der Waals surface area contributed by atoms with Gasteiger partial charge in [-0.05, 0) is 25.2 Å². The van der Waals surface area contributed by atoms with Gasteiger partial charge in [0.2, 0.25) is 5.82 Å². The average molecular weight is 208 g/mol. The fourth-order valence-electron chi connectivity index (χ4n) is 1.62. The standard InChI is InChI=1S/C10H16N4O/c1-2-5-14(6-8-3-4-8)10(15)9-11-7-12-13-9/h7-8H,2-6H2,1H3,(H,11,12,13). The summed E-state index contributed by atoms with van der Waals surface area (Å²) < 4.78 is 0. The lowest BCUT2D eigenvalue weighted by Crippen LogP contribution is -2.34. The SMILES string of the molecule is CCCN(CC1CC1)C(=O)c1ncn[nH]1. The highest BCUT2D eigenvalue weighted by molar-refractivity contribution is 5.90. The zero-order valence-electron chi connectivity index (χ0n) is 8.94. The van der Waals surface area contributed by atoms with Gasteiger partial charge < -0.3 is 4.90 Å². The summed E-state index contributed by atoms with van der Waals surface area (Å²) in [6.07, 6.45) is 4.86. The molecule has 0 saturated heterocycles. The number of rotatable bonds is 5. The maximum absolute atomic E-state index is 12.0. The molecule has 0 atom stereocenters. The summed E-state index contributed by atoms with van der Waals surface area (Å²) in [5.41, 5.74) is 0. The van der Waals surface area contributed by atoms with Crippen molar-refractivity contribution in [2.45, 2.75) is 26.2 Å². The van der Waals surface area contributed by atoms with Crippen LogP contribution in [0.5, 0.6) is 0 Å². The summed E-state index contributed by atoms with van der Waals surface area (Å²) >= 11 is 0. The van der Waals surface area contributed by atoms with Crippen molar-refractivity contribution >= 4 is 5.91 Å². The van der Waals surface area contributed by atoms with Crippen molar-refractivity contribution in [1.82, 2.24) is 20.1 Å². The normalized spacial score (nSPS) is 15.3. The van der Waals surface area contributed by atoms with E-state index >= 15 is 0 Å². The highest BCUT2D eigenvalue weighted by Crippen LogP contribution is 2.30. The molecule has 2 rings (SSSR count). The van der Waals surface area contributed by atoms with Crippen LogP contribution in [0.4, 0.5) is 0 Å². The van der Waals surface area contributed by atoms with E-state index in [1.165, 1.54) is 19.2 Å². The van der Waals surface area contributed by atoms with Gasteiger partial charge in [0.05, 0.1) is 0 Å². The number of H-pyrrole nitrogens is 1. The summed E-state index contributed by atoms with van der Waals surface area (Å²) in [7, 11) is 0. The molecule has 0 unspecified atom stereocenters. The van der Waals surface area contributed by atoms with Crippen LogP contribution in [-0.2, 0) is 0 Å². The maximum atomic E-state index is 12.0. The number of carbonyl (C=O) groups is 1. The fourth-order valence-corrected chi connectivity index (χ4v) is 1.62. The zero-order chi connectivity index (χ0) is 10.7. The van der Waals surface area contributed by atoms with Crippen molar-refractivity contribution in [2.24, 2.45) is 5.92 Å². The summed E-state index contributed by atoms with van der Waals surface area (Å²) in [5, 5.41) is 6.31. The third kappa shape index (κ3) is 2.55. The van der Waals surface area contributed by atoms with Crippen LogP contribution >= 0.6 is 0 Å². The Hall–Kier alpha value is -1.39. The average Bonchev–Trinajstić information content (AvgIpc) is 2.88. The molecule has 5 nitrogen and oxygen atoms in total. The maximum Gasteiger partial charge on any atom is 0.291 e. The molecule has 1 saturated carbocycles. The summed E-state index contributed by atoms with van der Waals surface area (Å²) in [6, 6.07) is 0. The Morgan fingerprint density at radius 1 is 1.67 bits per heavy atom. The highest BCUT2D eigenvalue weighted by Gasteiger charge is 2.27. The van der Waals surface area contributed by atoms with Crippen LogP contribution < -0.4 is 0 Å². The Morgan fingerprint density at radius 2 is 2.47 bits per heavy atom. The van der Waals surface area contributed by atoms with Gasteiger partial charge in [0.1, 0.15) is 6.33 Å². The van der Waals surface area contributed by atoms with Crippen molar-refractivity contribution in [3.63, 3.8) is 0 Å². The number of carbonyl (C=O) groups excluding carboxylic acids is 1. The second-order valence-electron chi connectivity index (χ2n) is 4.03. The fraction of sp³-hybridized carbons (Fsp3) is 0.700. The molecule has 1 aliphatic rings. The molecule has 5 heteroatoms. The minimum Gasteiger partial charge on any atom is -0.336 e. The van der Waals surface area contributed by atoms with E-state index in [0.717, 1.165) is 19.5 Å². The zero-order valence-corrected chi connectivity index (χ0v) is 8.94. The van der Waals surface area contributed by atoms with Crippen LogP contribution in [0.1, 0.15) is 36.8 Å². The number of aromatic amines is 1. The minimum absolute atomic E-state index is 0.0266. The van der Waals surface area contributed by atoms with Crippen LogP contribution in [-0.4, -0.2) is 39.1 Å². The van der Waals surface area contributed by atoms with Crippen LogP contribution in [0.15, 0.2) is 6.33 Å². The van der Waals surface area contributed by atoms with Gasteiger partial charge in [0, 0.05) is 13.1 Å². The Balaban J connectivity index is 1.99. The smallest absolute Gasteiger partial charge is 0.291 e. The minimum atomic E-state index is -0.0266. The predicted molar refractivity (Wildman–Crippen MR) is 55.3 cm³/mol. The first-order chi connectivity index (χ1) is 7.31. The monoisotopic (exact) mass is 208 g/mol. The largest absolute Gasteiger partial charge is 0.336 e. The number of nitrogens with one attached hydrogen (secondary N) is 1. The van der Waals surface area contributed by atoms with Crippen molar-refractivity contribution in [3.8, 4) is 0 Å². The molecule has 82 valence electrons. The van der Waals surface area contributed by atoms with E-state index in [0.29, 0.717) is 11.7 Å². The van der Waals surface area contributed by atoms with Gasteiger partial charge in [-0.2, -0.15) is 5.10 Å². The number of nitrogens with zero attached hydrogens (tertiary/aromatic N) is 3. The lowest BCUT2D eigenvalue weighted by molar-refractivity contribution is 0.0736. The van der Waals surface area contributed by atoms with Crippen LogP contribution in [0, 0.1) is 5.92 Å². The molecule has 1 aromatic rings. The Kier molecular flexibility index (Phi) is 2.99. The molecular formula is C10H16N4O. The lowest BCUT2D eigenvalue weighted by Gasteiger charge is -2.20. The van der Waals surface area contributed by atoms with Gasteiger partial charge in [-0.3, -0.25) is 9.89 Å². The molecule has 1 N–H and O–H groups in total. The van der Waals surface area contributed by atoms with Gasteiger partial charge in [0.25, 0.3) is 5.91 Å². The van der Waals surface area contributed by atoms with Crippen molar-refractivity contribution in [2.75, 3.05) is 13.1 Å². The van der Waals surface area contributed by atoms with E-state index in [9.17, 15) is 4.79 Å². The van der Waals surface area contributed by atoms with E-state index in [2.05, 4.69) is 22.1 Å². The molecule has 0 aromatic carbocycles. The molecule has 0 radical (unpaired) electrons. The third-order valence-corrected chi connectivity index (χ3v) is 2.57. The lowest BCUT2D eigenvalue weighted by atomic mass is 10.3. The molecule has 1 aliphatic carbocycles. The second kappa shape index (κ2) is 4.42. The molecule has 1 heterocycles. The van der Waals surface area contributed by atoms with Gasteiger partial charge >= 0.3 is 0 Å². The van der Waals surface area contributed by atoms with Crippen molar-refractivity contribution in [1.29, 1.82) is 0 Å².